The monoisotopic (exact) mass is 470 g/mol. The zero-order chi connectivity index (χ0) is 21.0. The Bertz CT molecular complexity index is 1240. The van der Waals surface area contributed by atoms with E-state index < -0.39 is 12.2 Å². The Morgan fingerprint density at radius 1 is 1.23 bits per heavy atom. The highest BCUT2D eigenvalue weighted by Gasteiger charge is 2.42. The number of rotatable bonds is 4. The molecule has 4 N–H and O–H groups in total. The van der Waals surface area contributed by atoms with Gasteiger partial charge in [0.25, 0.3) is 0 Å². The third-order valence-electron chi connectivity index (χ3n) is 6.29. The molecule has 4 heterocycles. The van der Waals surface area contributed by atoms with E-state index in [4.69, 9.17) is 5.73 Å². The van der Waals surface area contributed by atoms with Gasteiger partial charge in [0.05, 0.1) is 17.5 Å². The molecule has 0 amide bonds. The molecule has 0 unspecified atom stereocenters. The van der Waals surface area contributed by atoms with E-state index in [-0.39, 0.29) is 12.0 Å². The first-order valence-corrected chi connectivity index (χ1v) is 10.8. The molecule has 1 aliphatic carbocycles. The Labute approximate surface area is 181 Å². The van der Waals surface area contributed by atoms with E-state index in [1.165, 1.54) is 11.9 Å². The summed E-state index contributed by atoms with van der Waals surface area (Å²) >= 11 is 3.52. The molecule has 9 heteroatoms. The lowest BCUT2D eigenvalue weighted by Gasteiger charge is -2.19. The molecule has 0 spiro atoms. The number of hydrogen-bond acceptors (Lipinski definition) is 6. The SMILES string of the molecule is Cc1cnc2cc(CC[C@H]3C[C@@H](n4cc(Br)c5c(N)ncnc54)[C@H](O)[C@@H]3O)ccn12. The third kappa shape index (κ3) is 3.08. The number of fused-ring (bicyclic) bond motifs is 2. The minimum absolute atomic E-state index is 0.0156. The van der Waals surface area contributed by atoms with Crippen LogP contribution in [0.1, 0.15) is 30.1 Å². The van der Waals surface area contributed by atoms with Crippen LogP contribution in [0.5, 0.6) is 0 Å². The zero-order valence-corrected chi connectivity index (χ0v) is 18.1. The van der Waals surface area contributed by atoms with Crippen LogP contribution in [0.25, 0.3) is 16.7 Å². The van der Waals surface area contributed by atoms with Crippen LogP contribution >= 0.6 is 15.9 Å². The largest absolute Gasteiger partial charge is 0.390 e. The van der Waals surface area contributed by atoms with Gasteiger partial charge in [-0.1, -0.05) is 0 Å². The van der Waals surface area contributed by atoms with Crippen LogP contribution < -0.4 is 5.73 Å². The van der Waals surface area contributed by atoms with Gasteiger partial charge < -0.3 is 24.9 Å². The quantitative estimate of drug-likeness (QED) is 0.422. The molecule has 1 saturated carbocycles. The maximum atomic E-state index is 10.8. The average Bonchev–Trinajstić information content (AvgIpc) is 3.36. The molecule has 1 aliphatic rings. The van der Waals surface area contributed by atoms with Gasteiger partial charge in [-0.3, -0.25) is 0 Å². The van der Waals surface area contributed by atoms with Crippen LogP contribution in [0, 0.1) is 12.8 Å². The Balaban J connectivity index is 1.36. The fraction of sp³-hybridized carbons (Fsp3) is 0.381. The molecule has 0 bridgehead atoms. The van der Waals surface area contributed by atoms with Crippen molar-refractivity contribution in [3.8, 4) is 0 Å². The Hall–Kier alpha value is -2.49. The number of nitrogen functional groups attached to an aromatic ring is 1. The summed E-state index contributed by atoms with van der Waals surface area (Å²) < 4.78 is 4.74. The number of aryl methyl sites for hydroxylation is 2. The normalized spacial score (nSPS) is 24.3. The van der Waals surface area contributed by atoms with Crippen molar-refractivity contribution in [2.24, 2.45) is 5.92 Å². The fourth-order valence-electron chi connectivity index (χ4n) is 4.63. The number of pyridine rings is 1. The van der Waals surface area contributed by atoms with Crippen LogP contribution in [0.2, 0.25) is 0 Å². The molecule has 8 nitrogen and oxygen atoms in total. The number of anilines is 1. The first kappa shape index (κ1) is 19.5. The van der Waals surface area contributed by atoms with Crippen molar-refractivity contribution in [2.45, 2.75) is 44.4 Å². The molecular formula is C21H23BrN6O2. The van der Waals surface area contributed by atoms with E-state index in [9.17, 15) is 10.2 Å². The van der Waals surface area contributed by atoms with Gasteiger partial charge in [0.1, 0.15) is 29.5 Å². The number of nitrogens with two attached hydrogens (primary N) is 1. The van der Waals surface area contributed by atoms with Crippen LogP contribution in [0.3, 0.4) is 0 Å². The van der Waals surface area contributed by atoms with E-state index >= 15 is 0 Å². The van der Waals surface area contributed by atoms with Gasteiger partial charge >= 0.3 is 0 Å². The van der Waals surface area contributed by atoms with Gasteiger partial charge in [0, 0.05) is 28.8 Å². The Morgan fingerprint density at radius 3 is 2.90 bits per heavy atom. The van der Waals surface area contributed by atoms with E-state index in [1.807, 2.05) is 30.1 Å². The second kappa shape index (κ2) is 7.33. The second-order valence-corrected chi connectivity index (χ2v) is 8.94. The number of hydrogen-bond donors (Lipinski definition) is 3. The topological polar surface area (TPSA) is 114 Å². The Morgan fingerprint density at radius 2 is 2.07 bits per heavy atom. The highest BCUT2D eigenvalue weighted by Crippen LogP contribution is 2.41. The summed E-state index contributed by atoms with van der Waals surface area (Å²) in [5.41, 5.74) is 9.86. The fourth-order valence-corrected chi connectivity index (χ4v) is 5.24. The molecule has 4 aromatic rings. The second-order valence-electron chi connectivity index (χ2n) is 8.09. The first-order chi connectivity index (χ1) is 14.4. The van der Waals surface area contributed by atoms with Gasteiger partial charge in [-0.2, -0.15) is 0 Å². The summed E-state index contributed by atoms with van der Waals surface area (Å²) in [7, 11) is 0. The van der Waals surface area contributed by atoms with Gasteiger partial charge in [-0.25, -0.2) is 15.0 Å². The first-order valence-electron chi connectivity index (χ1n) is 9.99. The van der Waals surface area contributed by atoms with Crippen molar-refractivity contribution in [1.82, 2.24) is 23.9 Å². The molecule has 0 radical (unpaired) electrons. The molecule has 4 aromatic heterocycles. The van der Waals surface area contributed by atoms with E-state index in [2.05, 4.69) is 47.4 Å². The number of aliphatic hydroxyl groups is 2. The maximum Gasteiger partial charge on any atom is 0.146 e. The standard InChI is InChI=1S/C21H23BrN6O2/c1-11-8-24-16-6-12(4-5-27(11)16)2-3-13-7-15(19(30)18(13)29)28-9-14(22)17-20(23)25-10-26-21(17)28/h4-6,8-10,13,15,18-19,29-30H,2-3,7H2,1H3,(H2,23,25,26)/t13-,15+,18+,19-/m0/s1. The van der Waals surface area contributed by atoms with Crippen LogP contribution in [-0.2, 0) is 6.42 Å². The Kier molecular flexibility index (Phi) is 4.76. The van der Waals surface area contributed by atoms with Crippen molar-refractivity contribution >= 4 is 38.4 Å². The number of halogens is 1. The van der Waals surface area contributed by atoms with Crippen molar-refractivity contribution < 1.29 is 10.2 Å². The number of aliphatic hydroxyl groups excluding tert-OH is 2. The van der Waals surface area contributed by atoms with Gasteiger partial charge in [-0.05, 0) is 65.7 Å². The van der Waals surface area contributed by atoms with E-state index in [1.54, 1.807) is 0 Å². The van der Waals surface area contributed by atoms with Crippen molar-refractivity contribution in [3.05, 3.63) is 52.8 Å². The molecule has 156 valence electrons. The predicted molar refractivity (Wildman–Crippen MR) is 117 cm³/mol. The van der Waals surface area contributed by atoms with Crippen LogP contribution in [-0.4, -0.2) is 46.3 Å². The van der Waals surface area contributed by atoms with Crippen molar-refractivity contribution in [3.63, 3.8) is 0 Å². The maximum absolute atomic E-state index is 10.8. The summed E-state index contributed by atoms with van der Waals surface area (Å²) in [5.74, 6) is 0.373. The molecule has 0 aliphatic heterocycles. The predicted octanol–water partition coefficient (Wildman–Crippen LogP) is 2.65. The lowest BCUT2D eigenvalue weighted by atomic mass is 9.96. The lowest BCUT2D eigenvalue weighted by Crippen LogP contribution is -2.29. The zero-order valence-electron chi connectivity index (χ0n) is 16.5. The van der Waals surface area contributed by atoms with Gasteiger partial charge in [0.15, 0.2) is 0 Å². The minimum atomic E-state index is -0.869. The number of nitrogens with zero attached hydrogens (tertiary/aromatic N) is 5. The smallest absolute Gasteiger partial charge is 0.146 e. The number of imidazole rings is 1. The molecule has 30 heavy (non-hydrogen) atoms. The van der Waals surface area contributed by atoms with E-state index in [0.717, 1.165) is 34.0 Å². The van der Waals surface area contributed by atoms with E-state index in [0.29, 0.717) is 17.9 Å². The molecule has 0 aromatic carbocycles. The molecule has 5 rings (SSSR count). The minimum Gasteiger partial charge on any atom is -0.390 e. The summed E-state index contributed by atoms with van der Waals surface area (Å²) in [6.07, 6.45) is 7.77. The molecule has 1 fully saturated rings. The lowest BCUT2D eigenvalue weighted by molar-refractivity contribution is 0.00544. The molecular weight excluding hydrogens is 448 g/mol. The highest BCUT2D eigenvalue weighted by atomic mass is 79.9. The summed E-state index contributed by atoms with van der Waals surface area (Å²) in [5, 5.41) is 22.2. The van der Waals surface area contributed by atoms with Crippen LogP contribution in [0.15, 0.2) is 41.5 Å². The third-order valence-corrected chi connectivity index (χ3v) is 6.89. The van der Waals surface area contributed by atoms with Gasteiger partial charge in [0.2, 0.25) is 0 Å². The van der Waals surface area contributed by atoms with Crippen molar-refractivity contribution in [1.29, 1.82) is 0 Å². The van der Waals surface area contributed by atoms with Gasteiger partial charge in [-0.15, -0.1) is 0 Å². The summed E-state index contributed by atoms with van der Waals surface area (Å²) in [6, 6.07) is 3.90. The average molecular weight is 471 g/mol. The van der Waals surface area contributed by atoms with Crippen LogP contribution in [0.4, 0.5) is 5.82 Å². The summed E-state index contributed by atoms with van der Waals surface area (Å²) in [4.78, 5) is 12.8. The molecule has 0 saturated heterocycles. The number of aromatic nitrogens is 5. The molecule has 4 atom stereocenters. The van der Waals surface area contributed by atoms with Crippen molar-refractivity contribution in [2.75, 3.05) is 5.73 Å². The highest BCUT2D eigenvalue weighted by molar-refractivity contribution is 9.10. The summed E-state index contributed by atoms with van der Waals surface area (Å²) in [6.45, 7) is 2.03.